The van der Waals surface area contributed by atoms with Gasteiger partial charge in [0.2, 0.25) is 0 Å². The van der Waals surface area contributed by atoms with E-state index in [1.165, 1.54) is 45.3 Å². The number of hydrogen-bond donors (Lipinski definition) is 1. The summed E-state index contributed by atoms with van der Waals surface area (Å²) >= 11 is 0. The molecule has 16 heavy (non-hydrogen) atoms. The summed E-state index contributed by atoms with van der Waals surface area (Å²) < 4.78 is 4.50. The Labute approximate surface area is 99.0 Å². The van der Waals surface area contributed by atoms with Crippen LogP contribution in [0.1, 0.15) is 51.4 Å². The Balaban J connectivity index is 3.09. The minimum absolute atomic E-state index is 0.262. The summed E-state index contributed by atoms with van der Waals surface area (Å²) in [7, 11) is 1.40. The van der Waals surface area contributed by atoms with Gasteiger partial charge in [0.25, 0.3) is 0 Å². The van der Waals surface area contributed by atoms with Crippen molar-refractivity contribution in [1.29, 1.82) is 0 Å². The molecule has 3 heteroatoms. The van der Waals surface area contributed by atoms with Crippen LogP contribution in [0.25, 0.3) is 0 Å². The van der Waals surface area contributed by atoms with E-state index in [1.54, 1.807) is 0 Å². The first-order valence-electron chi connectivity index (χ1n) is 6.26. The Kier molecular flexibility index (Phi) is 11.6. The van der Waals surface area contributed by atoms with Gasteiger partial charge in [-0.2, -0.15) is 0 Å². The van der Waals surface area contributed by atoms with Gasteiger partial charge in [0, 0.05) is 6.08 Å². The van der Waals surface area contributed by atoms with Crippen LogP contribution in [0.2, 0.25) is 0 Å². The SMILES string of the molecule is COC(=O)C=CCCCCCCCCCN. The first-order chi connectivity index (χ1) is 7.81. The average molecular weight is 227 g/mol. The van der Waals surface area contributed by atoms with Crippen LogP contribution in [-0.4, -0.2) is 19.6 Å². The molecule has 0 heterocycles. The molecule has 0 saturated heterocycles. The number of methoxy groups -OCH3 is 1. The molecule has 0 aliphatic carbocycles. The van der Waals surface area contributed by atoms with Crippen molar-refractivity contribution in [2.45, 2.75) is 51.4 Å². The van der Waals surface area contributed by atoms with Crippen molar-refractivity contribution in [3.8, 4) is 0 Å². The van der Waals surface area contributed by atoms with Crippen LogP contribution in [0.5, 0.6) is 0 Å². The molecule has 0 atom stereocenters. The van der Waals surface area contributed by atoms with E-state index in [1.807, 2.05) is 6.08 Å². The van der Waals surface area contributed by atoms with Crippen LogP contribution in [0, 0.1) is 0 Å². The van der Waals surface area contributed by atoms with Crippen molar-refractivity contribution in [1.82, 2.24) is 0 Å². The minimum atomic E-state index is -0.262. The van der Waals surface area contributed by atoms with Gasteiger partial charge in [-0.25, -0.2) is 4.79 Å². The molecule has 3 nitrogen and oxygen atoms in total. The summed E-state index contributed by atoms with van der Waals surface area (Å²) in [6, 6.07) is 0. The van der Waals surface area contributed by atoms with Gasteiger partial charge < -0.3 is 10.5 Å². The zero-order chi connectivity index (χ0) is 12.1. The standard InChI is InChI=1S/C13H25NO2/c1-16-13(15)11-9-7-5-3-2-4-6-8-10-12-14/h9,11H,2-8,10,12,14H2,1H3. The first-order valence-corrected chi connectivity index (χ1v) is 6.26. The lowest BCUT2D eigenvalue weighted by molar-refractivity contribution is -0.134. The second-order valence-corrected chi connectivity index (χ2v) is 3.98. The molecule has 0 unspecified atom stereocenters. The van der Waals surface area contributed by atoms with Crippen LogP contribution in [-0.2, 0) is 9.53 Å². The van der Waals surface area contributed by atoms with Gasteiger partial charge >= 0.3 is 5.97 Å². The highest BCUT2D eigenvalue weighted by atomic mass is 16.5. The minimum Gasteiger partial charge on any atom is -0.466 e. The molecule has 0 amide bonds. The molecular weight excluding hydrogens is 202 g/mol. The zero-order valence-electron chi connectivity index (χ0n) is 10.4. The maximum Gasteiger partial charge on any atom is 0.330 e. The lowest BCUT2D eigenvalue weighted by Gasteiger charge is -1.99. The van der Waals surface area contributed by atoms with Crippen molar-refractivity contribution in [3.05, 3.63) is 12.2 Å². The highest BCUT2D eigenvalue weighted by Gasteiger charge is 1.92. The van der Waals surface area contributed by atoms with Gasteiger partial charge in [-0.15, -0.1) is 0 Å². The smallest absolute Gasteiger partial charge is 0.330 e. The average Bonchev–Trinajstić information content (AvgIpc) is 2.31. The maximum atomic E-state index is 10.7. The number of esters is 1. The van der Waals surface area contributed by atoms with E-state index in [4.69, 9.17) is 5.73 Å². The Bertz CT molecular complexity index is 190. The third-order valence-electron chi connectivity index (χ3n) is 2.53. The fraction of sp³-hybridized carbons (Fsp3) is 0.769. The molecule has 0 bridgehead atoms. The number of allylic oxidation sites excluding steroid dienone is 1. The number of nitrogens with two attached hydrogens (primary N) is 1. The quantitative estimate of drug-likeness (QED) is 0.355. The van der Waals surface area contributed by atoms with E-state index in [-0.39, 0.29) is 5.97 Å². The second kappa shape index (κ2) is 12.2. The molecule has 94 valence electrons. The van der Waals surface area contributed by atoms with Crippen LogP contribution < -0.4 is 5.73 Å². The van der Waals surface area contributed by atoms with Crippen molar-refractivity contribution in [2.24, 2.45) is 5.73 Å². The van der Waals surface area contributed by atoms with Gasteiger partial charge in [-0.05, 0) is 25.8 Å². The Morgan fingerprint density at radius 1 is 1.06 bits per heavy atom. The highest BCUT2D eigenvalue weighted by Crippen LogP contribution is 2.08. The molecule has 0 radical (unpaired) electrons. The van der Waals surface area contributed by atoms with Gasteiger partial charge in [0.15, 0.2) is 0 Å². The van der Waals surface area contributed by atoms with Gasteiger partial charge in [0.1, 0.15) is 0 Å². The number of hydrogen-bond acceptors (Lipinski definition) is 3. The van der Waals surface area contributed by atoms with Crippen molar-refractivity contribution in [3.63, 3.8) is 0 Å². The van der Waals surface area contributed by atoms with Crippen molar-refractivity contribution in [2.75, 3.05) is 13.7 Å². The molecular formula is C13H25NO2. The van der Waals surface area contributed by atoms with Crippen LogP contribution in [0.4, 0.5) is 0 Å². The fourth-order valence-electron chi connectivity index (χ4n) is 1.54. The molecule has 0 fully saturated rings. The molecule has 0 rings (SSSR count). The van der Waals surface area contributed by atoms with Crippen molar-refractivity contribution >= 4 is 5.97 Å². The number of carbonyl (C=O) groups excluding carboxylic acids is 1. The summed E-state index contributed by atoms with van der Waals surface area (Å²) in [4.78, 5) is 10.7. The Morgan fingerprint density at radius 2 is 1.62 bits per heavy atom. The van der Waals surface area contributed by atoms with E-state index in [0.29, 0.717) is 0 Å². The van der Waals surface area contributed by atoms with Gasteiger partial charge in [-0.1, -0.05) is 38.2 Å². The molecule has 0 saturated carbocycles. The van der Waals surface area contributed by atoms with E-state index in [0.717, 1.165) is 25.8 Å². The van der Waals surface area contributed by atoms with Gasteiger partial charge in [-0.3, -0.25) is 0 Å². The summed E-state index contributed by atoms with van der Waals surface area (Å²) in [5.74, 6) is -0.262. The topological polar surface area (TPSA) is 52.3 Å². The molecule has 0 aromatic heterocycles. The highest BCUT2D eigenvalue weighted by molar-refractivity contribution is 5.81. The van der Waals surface area contributed by atoms with E-state index < -0.39 is 0 Å². The lowest BCUT2D eigenvalue weighted by Crippen LogP contribution is -1.97. The van der Waals surface area contributed by atoms with Crippen molar-refractivity contribution < 1.29 is 9.53 Å². The van der Waals surface area contributed by atoms with Crippen LogP contribution in [0.15, 0.2) is 12.2 Å². The first kappa shape index (κ1) is 15.2. The van der Waals surface area contributed by atoms with E-state index >= 15 is 0 Å². The number of rotatable bonds is 10. The Hall–Kier alpha value is -0.830. The third-order valence-corrected chi connectivity index (χ3v) is 2.53. The number of ether oxygens (including phenoxy) is 1. The summed E-state index contributed by atoms with van der Waals surface area (Å²) in [5.41, 5.74) is 5.41. The van der Waals surface area contributed by atoms with Crippen LogP contribution >= 0.6 is 0 Å². The predicted octanol–water partition coefficient (Wildman–Crippen LogP) is 2.80. The summed E-state index contributed by atoms with van der Waals surface area (Å²) in [6.07, 6.45) is 13.1. The lowest BCUT2D eigenvalue weighted by atomic mass is 10.1. The monoisotopic (exact) mass is 227 g/mol. The third kappa shape index (κ3) is 11.2. The molecule has 2 N–H and O–H groups in total. The second-order valence-electron chi connectivity index (χ2n) is 3.98. The van der Waals surface area contributed by atoms with E-state index in [2.05, 4.69) is 4.74 Å². The summed E-state index contributed by atoms with van der Waals surface area (Å²) in [6.45, 7) is 0.818. The molecule has 0 aromatic rings. The van der Waals surface area contributed by atoms with Crippen LogP contribution in [0.3, 0.4) is 0 Å². The normalized spacial score (nSPS) is 10.9. The molecule has 0 spiro atoms. The number of carbonyl (C=O) groups is 1. The maximum absolute atomic E-state index is 10.7. The van der Waals surface area contributed by atoms with Gasteiger partial charge in [0.05, 0.1) is 7.11 Å². The fourth-order valence-corrected chi connectivity index (χ4v) is 1.54. The largest absolute Gasteiger partial charge is 0.466 e. The summed E-state index contributed by atoms with van der Waals surface area (Å²) in [5, 5.41) is 0. The Morgan fingerprint density at radius 3 is 2.19 bits per heavy atom. The zero-order valence-corrected chi connectivity index (χ0v) is 10.4. The molecule has 0 aromatic carbocycles. The number of unbranched alkanes of at least 4 members (excludes halogenated alkanes) is 7. The molecule has 0 aliphatic heterocycles. The molecule has 0 aliphatic rings. The van der Waals surface area contributed by atoms with E-state index in [9.17, 15) is 4.79 Å². The predicted molar refractivity (Wildman–Crippen MR) is 67.1 cm³/mol.